The van der Waals surface area contributed by atoms with Crippen LogP contribution in [-0.4, -0.2) is 33.3 Å². The van der Waals surface area contributed by atoms with Gasteiger partial charge in [-0.25, -0.2) is 4.98 Å². The first-order valence-corrected chi connectivity index (χ1v) is 9.38. The van der Waals surface area contributed by atoms with E-state index >= 15 is 0 Å². The van der Waals surface area contributed by atoms with E-state index < -0.39 is 12.0 Å². The molecular weight excluding hydrogens is 354 g/mol. The average Bonchev–Trinajstić information content (AvgIpc) is 3.29. The number of carbonyl (C=O) groups is 1. The van der Waals surface area contributed by atoms with Gasteiger partial charge in [0, 0.05) is 12.6 Å². The molecule has 6 heteroatoms. The Hall–Kier alpha value is -3.12. The molecule has 1 aromatic heterocycles. The van der Waals surface area contributed by atoms with Crippen LogP contribution >= 0.6 is 0 Å². The van der Waals surface area contributed by atoms with E-state index in [1.54, 1.807) is 17.7 Å². The fraction of sp³-hybridized carbons (Fsp3) is 0.273. The number of aliphatic hydroxyl groups is 1. The highest BCUT2D eigenvalue weighted by molar-refractivity contribution is 5.90. The fourth-order valence-electron chi connectivity index (χ4n) is 3.79. The zero-order valence-electron chi connectivity index (χ0n) is 15.7. The van der Waals surface area contributed by atoms with Crippen molar-refractivity contribution in [3.63, 3.8) is 0 Å². The van der Waals surface area contributed by atoms with Crippen molar-refractivity contribution in [1.82, 2.24) is 9.55 Å². The number of fused-ring (bicyclic) bond motifs is 3. The molecule has 1 aliphatic rings. The minimum absolute atomic E-state index is 0.185. The number of primary amides is 1. The Morgan fingerprint density at radius 2 is 2.04 bits per heavy atom. The molecule has 2 atom stereocenters. The van der Waals surface area contributed by atoms with Crippen molar-refractivity contribution < 1.29 is 14.6 Å². The molecule has 0 fully saturated rings. The van der Waals surface area contributed by atoms with Crippen molar-refractivity contribution >= 4 is 5.91 Å². The van der Waals surface area contributed by atoms with Gasteiger partial charge in [0.1, 0.15) is 11.4 Å². The molecule has 0 bridgehead atoms. The number of ether oxygens (including phenoxy) is 1. The summed E-state index contributed by atoms with van der Waals surface area (Å²) in [6, 6.07) is 14.4. The van der Waals surface area contributed by atoms with Crippen LogP contribution in [0.15, 0.2) is 55.0 Å². The number of aliphatic hydroxyl groups excluding tert-OH is 1. The molecule has 2 unspecified atom stereocenters. The Morgan fingerprint density at radius 1 is 1.25 bits per heavy atom. The summed E-state index contributed by atoms with van der Waals surface area (Å²) in [5.74, 6) is 0.234. The number of aromatic nitrogens is 2. The normalized spacial score (nSPS) is 14.2. The molecule has 1 heterocycles. The highest BCUT2D eigenvalue weighted by Gasteiger charge is 2.20. The van der Waals surface area contributed by atoms with Gasteiger partial charge in [0.2, 0.25) is 0 Å². The number of hydrogen-bond acceptors (Lipinski definition) is 4. The lowest BCUT2D eigenvalue weighted by Gasteiger charge is -2.21. The summed E-state index contributed by atoms with van der Waals surface area (Å²) >= 11 is 0. The van der Waals surface area contributed by atoms with Crippen molar-refractivity contribution in [1.29, 1.82) is 0 Å². The van der Waals surface area contributed by atoms with Gasteiger partial charge in [0.05, 0.1) is 25.1 Å². The zero-order chi connectivity index (χ0) is 19.7. The number of amides is 1. The van der Waals surface area contributed by atoms with Crippen molar-refractivity contribution in [2.24, 2.45) is 5.73 Å². The van der Waals surface area contributed by atoms with Gasteiger partial charge >= 0.3 is 0 Å². The van der Waals surface area contributed by atoms with Crippen molar-refractivity contribution in [2.45, 2.75) is 31.9 Å². The predicted molar refractivity (Wildman–Crippen MR) is 106 cm³/mol. The second-order valence-corrected chi connectivity index (χ2v) is 7.17. The molecular formula is C22H23N3O3. The van der Waals surface area contributed by atoms with Crippen LogP contribution in [0.5, 0.6) is 5.75 Å². The molecule has 0 saturated carbocycles. The summed E-state index contributed by atoms with van der Waals surface area (Å²) in [4.78, 5) is 15.2. The van der Waals surface area contributed by atoms with Gasteiger partial charge in [-0.3, -0.25) is 4.79 Å². The van der Waals surface area contributed by atoms with Crippen molar-refractivity contribution in [3.8, 4) is 16.9 Å². The first-order chi connectivity index (χ1) is 13.5. The Kier molecular flexibility index (Phi) is 4.88. The minimum Gasteiger partial charge on any atom is -0.494 e. The van der Waals surface area contributed by atoms with Crippen LogP contribution in [0.25, 0.3) is 11.1 Å². The molecule has 3 aromatic rings. The van der Waals surface area contributed by atoms with Crippen molar-refractivity contribution in [2.75, 3.05) is 6.61 Å². The van der Waals surface area contributed by atoms with Gasteiger partial charge in [-0.05, 0) is 47.7 Å². The molecule has 3 N–H and O–H groups in total. The fourth-order valence-corrected chi connectivity index (χ4v) is 3.79. The topological polar surface area (TPSA) is 90.4 Å². The highest BCUT2D eigenvalue weighted by Crippen LogP contribution is 2.38. The molecule has 0 spiro atoms. The SMILES string of the molecule is CC(O)C(CCOc1ccc2c(c1)Cc1ccccc1-2)n1cnc(C(N)=O)c1. The number of rotatable bonds is 7. The smallest absolute Gasteiger partial charge is 0.268 e. The maximum absolute atomic E-state index is 11.2. The lowest BCUT2D eigenvalue weighted by atomic mass is 10.1. The predicted octanol–water partition coefficient (Wildman–Crippen LogP) is 2.94. The van der Waals surface area contributed by atoms with E-state index in [1.165, 1.54) is 28.6 Å². The van der Waals surface area contributed by atoms with Gasteiger partial charge in [0.15, 0.2) is 0 Å². The van der Waals surface area contributed by atoms with Gasteiger partial charge in [-0.1, -0.05) is 30.3 Å². The van der Waals surface area contributed by atoms with Crippen LogP contribution in [0.4, 0.5) is 0 Å². The molecule has 0 radical (unpaired) electrons. The molecule has 144 valence electrons. The summed E-state index contributed by atoms with van der Waals surface area (Å²) in [5.41, 5.74) is 10.6. The second-order valence-electron chi connectivity index (χ2n) is 7.17. The Balaban J connectivity index is 1.41. The molecule has 28 heavy (non-hydrogen) atoms. The molecule has 4 rings (SSSR count). The minimum atomic E-state index is -0.618. The summed E-state index contributed by atoms with van der Waals surface area (Å²) in [5, 5.41) is 10.1. The number of nitrogens with two attached hydrogens (primary N) is 1. The molecule has 0 saturated heterocycles. The standard InChI is InChI=1S/C22H23N3O3/c1-14(26)21(25-12-20(22(23)27)24-13-25)8-9-28-17-6-7-19-16(11-17)10-15-4-2-3-5-18(15)19/h2-7,11-14,21,26H,8-10H2,1H3,(H2,23,27). The summed E-state index contributed by atoms with van der Waals surface area (Å²) in [6.45, 7) is 2.15. The Labute approximate surface area is 163 Å². The Bertz CT molecular complexity index is 1010. The molecule has 0 aliphatic heterocycles. The lowest BCUT2D eigenvalue weighted by Crippen LogP contribution is -2.23. The largest absolute Gasteiger partial charge is 0.494 e. The monoisotopic (exact) mass is 377 g/mol. The summed E-state index contributed by atoms with van der Waals surface area (Å²) in [6.07, 6.45) is 3.96. The number of hydrogen-bond donors (Lipinski definition) is 2. The number of nitrogens with zero attached hydrogens (tertiary/aromatic N) is 2. The zero-order valence-corrected chi connectivity index (χ0v) is 15.7. The van der Waals surface area contributed by atoms with E-state index in [0.29, 0.717) is 13.0 Å². The third kappa shape index (κ3) is 3.51. The van der Waals surface area contributed by atoms with Crippen LogP contribution in [0, 0.1) is 0 Å². The first kappa shape index (κ1) is 18.3. The van der Waals surface area contributed by atoms with E-state index in [0.717, 1.165) is 12.2 Å². The molecule has 2 aromatic carbocycles. The number of carbonyl (C=O) groups excluding carboxylic acids is 1. The van der Waals surface area contributed by atoms with Gasteiger partial charge in [0.25, 0.3) is 5.91 Å². The van der Waals surface area contributed by atoms with Crippen LogP contribution in [0.1, 0.15) is 41.0 Å². The second kappa shape index (κ2) is 7.48. The number of imidazole rings is 1. The van der Waals surface area contributed by atoms with Gasteiger partial charge in [-0.15, -0.1) is 0 Å². The van der Waals surface area contributed by atoms with Crippen LogP contribution in [0.3, 0.4) is 0 Å². The van der Waals surface area contributed by atoms with Crippen LogP contribution in [0.2, 0.25) is 0 Å². The van der Waals surface area contributed by atoms with E-state index in [-0.39, 0.29) is 11.7 Å². The summed E-state index contributed by atoms with van der Waals surface area (Å²) < 4.78 is 7.67. The highest BCUT2D eigenvalue weighted by atomic mass is 16.5. The molecule has 1 amide bonds. The quantitative estimate of drug-likeness (QED) is 0.518. The summed E-state index contributed by atoms with van der Waals surface area (Å²) in [7, 11) is 0. The van der Waals surface area contributed by atoms with Gasteiger partial charge in [-0.2, -0.15) is 0 Å². The number of benzene rings is 2. The third-order valence-corrected chi connectivity index (χ3v) is 5.24. The maximum atomic E-state index is 11.2. The molecule has 1 aliphatic carbocycles. The first-order valence-electron chi connectivity index (χ1n) is 9.38. The third-order valence-electron chi connectivity index (χ3n) is 5.24. The van der Waals surface area contributed by atoms with E-state index in [2.05, 4.69) is 41.4 Å². The van der Waals surface area contributed by atoms with E-state index in [9.17, 15) is 9.90 Å². The van der Waals surface area contributed by atoms with Gasteiger partial charge < -0.3 is 20.1 Å². The molecule has 6 nitrogen and oxygen atoms in total. The Morgan fingerprint density at radius 3 is 2.79 bits per heavy atom. The average molecular weight is 377 g/mol. The van der Waals surface area contributed by atoms with Crippen LogP contribution in [-0.2, 0) is 6.42 Å². The maximum Gasteiger partial charge on any atom is 0.268 e. The van der Waals surface area contributed by atoms with Crippen LogP contribution < -0.4 is 10.5 Å². The lowest BCUT2D eigenvalue weighted by molar-refractivity contribution is 0.0993. The van der Waals surface area contributed by atoms with E-state index in [4.69, 9.17) is 10.5 Å². The van der Waals surface area contributed by atoms with Crippen molar-refractivity contribution in [3.05, 3.63) is 71.8 Å². The van der Waals surface area contributed by atoms with E-state index in [1.807, 2.05) is 6.07 Å².